The second kappa shape index (κ2) is 9.56. The molecule has 0 bridgehead atoms. The van der Waals surface area contributed by atoms with Crippen LogP contribution in [0, 0.1) is 12.7 Å². The molecule has 2 aromatic carbocycles. The minimum Gasteiger partial charge on any atom is -0.484 e. The van der Waals surface area contributed by atoms with E-state index in [-0.39, 0.29) is 37.3 Å². The Morgan fingerprint density at radius 3 is 2.54 bits per heavy atom. The molecule has 0 radical (unpaired) electrons. The highest BCUT2D eigenvalue weighted by Gasteiger charge is 2.16. The van der Waals surface area contributed by atoms with E-state index in [0.29, 0.717) is 12.3 Å². The van der Waals surface area contributed by atoms with E-state index in [1.54, 1.807) is 25.1 Å². The van der Waals surface area contributed by atoms with E-state index in [1.165, 1.54) is 17.0 Å². The molecule has 0 spiro atoms. The number of rotatable bonds is 8. The second-order valence-electron chi connectivity index (χ2n) is 5.92. The summed E-state index contributed by atoms with van der Waals surface area (Å²) in [6.45, 7) is 4.26. The van der Waals surface area contributed by atoms with Crippen molar-refractivity contribution in [3.63, 3.8) is 0 Å². The SMILES string of the molecule is CCN(CC(=O)NCc1ccc(F)cc1)C(=O)COc1cccc(C)c1. The van der Waals surface area contributed by atoms with Crippen LogP contribution in [0.15, 0.2) is 48.5 Å². The van der Waals surface area contributed by atoms with Crippen LogP contribution in [0.5, 0.6) is 5.75 Å². The first-order chi connectivity index (χ1) is 12.5. The van der Waals surface area contributed by atoms with Crippen molar-refractivity contribution in [2.75, 3.05) is 19.7 Å². The topological polar surface area (TPSA) is 58.6 Å². The van der Waals surface area contributed by atoms with Crippen LogP contribution >= 0.6 is 0 Å². The minimum atomic E-state index is -0.323. The number of ether oxygens (including phenoxy) is 1. The summed E-state index contributed by atoms with van der Waals surface area (Å²) < 4.78 is 18.4. The maximum atomic E-state index is 12.9. The summed E-state index contributed by atoms with van der Waals surface area (Å²) in [4.78, 5) is 25.7. The largest absolute Gasteiger partial charge is 0.484 e. The third-order valence-electron chi connectivity index (χ3n) is 3.82. The van der Waals surface area contributed by atoms with Gasteiger partial charge in [0.2, 0.25) is 5.91 Å². The van der Waals surface area contributed by atoms with Crippen molar-refractivity contribution in [2.45, 2.75) is 20.4 Å². The third kappa shape index (κ3) is 6.20. The van der Waals surface area contributed by atoms with Crippen LogP contribution in [-0.4, -0.2) is 36.4 Å². The average Bonchev–Trinajstić information content (AvgIpc) is 2.63. The van der Waals surface area contributed by atoms with Crippen molar-refractivity contribution < 1.29 is 18.7 Å². The van der Waals surface area contributed by atoms with Gasteiger partial charge in [0.05, 0.1) is 6.54 Å². The molecule has 2 amide bonds. The Bertz CT molecular complexity index is 747. The number of nitrogens with zero attached hydrogens (tertiary/aromatic N) is 1. The second-order valence-corrected chi connectivity index (χ2v) is 5.92. The smallest absolute Gasteiger partial charge is 0.260 e. The van der Waals surface area contributed by atoms with Crippen LogP contribution in [-0.2, 0) is 16.1 Å². The molecule has 6 heteroatoms. The van der Waals surface area contributed by atoms with Crippen molar-refractivity contribution in [3.05, 3.63) is 65.5 Å². The molecule has 2 aromatic rings. The number of carbonyl (C=O) groups is 2. The predicted molar refractivity (Wildman–Crippen MR) is 97.2 cm³/mol. The molecule has 0 fully saturated rings. The van der Waals surface area contributed by atoms with E-state index >= 15 is 0 Å². The maximum absolute atomic E-state index is 12.9. The van der Waals surface area contributed by atoms with Crippen molar-refractivity contribution >= 4 is 11.8 Å². The van der Waals surface area contributed by atoms with Gasteiger partial charge in [0.15, 0.2) is 6.61 Å². The summed E-state index contributed by atoms with van der Waals surface area (Å²) in [5, 5.41) is 2.72. The van der Waals surface area contributed by atoms with E-state index in [4.69, 9.17) is 4.74 Å². The normalized spacial score (nSPS) is 10.3. The standard InChI is InChI=1S/C20H23FN2O3/c1-3-23(20(25)14-26-18-6-4-5-15(2)11-18)13-19(24)22-12-16-7-9-17(21)10-8-16/h4-11H,3,12-14H2,1-2H3,(H,22,24). The molecule has 0 unspecified atom stereocenters. The van der Waals surface area contributed by atoms with Crippen LogP contribution < -0.4 is 10.1 Å². The number of likely N-dealkylation sites (N-methyl/N-ethyl adjacent to an activating group) is 1. The number of amides is 2. The number of carbonyl (C=O) groups excluding carboxylic acids is 2. The number of hydrogen-bond donors (Lipinski definition) is 1. The summed E-state index contributed by atoms with van der Waals surface area (Å²) in [7, 11) is 0. The quantitative estimate of drug-likeness (QED) is 0.789. The molecule has 1 N–H and O–H groups in total. The first kappa shape index (κ1) is 19.4. The van der Waals surface area contributed by atoms with Gasteiger partial charge in [-0.25, -0.2) is 4.39 Å². The Labute approximate surface area is 152 Å². The minimum absolute atomic E-state index is 0.0479. The Morgan fingerprint density at radius 2 is 1.88 bits per heavy atom. The monoisotopic (exact) mass is 358 g/mol. The summed E-state index contributed by atoms with van der Waals surface area (Å²) in [5.74, 6) is -0.238. The summed E-state index contributed by atoms with van der Waals surface area (Å²) in [5.41, 5.74) is 1.83. The molecule has 26 heavy (non-hydrogen) atoms. The Kier molecular flexibility index (Phi) is 7.14. The van der Waals surface area contributed by atoms with E-state index in [0.717, 1.165) is 11.1 Å². The van der Waals surface area contributed by atoms with Gasteiger partial charge in [-0.3, -0.25) is 9.59 Å². The van der Waals surface area contributed by atoms with Gasteiger partial charge in [-0.05, 0) is 49.2 Å². The van der Waals surface area contributed by atoms with Crippen molar-refractivity contribution in [3.8, 4) is 5.75 Å². The molecule has 0 aliphatic rings. The molecule has 0 aliphatic heterocycles. The van der Waals surface area contributed by atoms with Gasteiger partial charge in [0, 0.05) is 13.1 Å². The van der Waals surface area contributed by atoms with Gasteiger partial charge in [-0.1, -0.05) is 24.3 Å². The van der Waals surface area contributed by atoms with E-state index in [1.807, 2.05) is 25.1 Å². The molecule has 0 heterocycles. The number of aryl methyl sites for hydroxylation is 1. The van der Waals surface area contributed by atoms with Gasteiger partial charge in [0.1, 0.15) is 11.6 Å². The molecule has 0 atom stereocenters. The van der Waals surface area contributed by atoms with Gasteiger partial charge < -0.3 is 15.0 Å². The third-order valence-corrected chi connectivity index (χ3v) is 3.82. The number of halogens is 1. The molecule has 5 nitrogen and oxygen atoms in total. The van der Waals surface area contributed by atoms with Crippen LogP contribution in [0.3, 0.4) is 0 Å². The van der Waals surface area contributed by atoms with Gasteiger partial charge in [-0.2, -0.15) is 0 Å². The highest BCUT2D eigenvalue weighted by atomic mass is 19.1. The van der Waals surface area contributed by atoms with Crippen LogP contribution in [0.4, 0.5) is 4.39 Å². The molecule has 0 aromatic heterocycles. The molecule has 0 saturated carbocycles. The van der Waals surface area contributed by atoms with E-state index in [2.05, 4.69) is 5.32 Å². The van der Waals surface area contributed by atoms with Crippen LogP contribution in [0.1, 0.15) is 18.1 Å². The van der Waals surface area contributed by atoms with Crippen molar-refractivity contribution in [1.82, 2.24) is 10.2 Å². The summed E-state index contributed by atoms with van der Waals surface area (Å²) in [6.07, 6.45) is 0. The fourth-order valence-corrected chi connectivity index (χ4v) is 2.35. The van der Waals surface area contributed by atoms with Crippen molar-refractivity contribution in [1.29, 1.82) is 0 Å². The number of benzene rings is 2. The lowest BCUT2D eigenvalue weighted by Crippen LogP contribution is -2.42. The predicted octanol–water partition coefficient (Wildman–Crippen LogP) is 2.68. The van der Waals surface area contributed by atoms with Gasteiger partial charge in [-0.15, -0.1) is 0 Å². The van der Waals surface area contributed by atoms with Gasteiger partial charge in [0.25, 0.3) is 5.91 Å². The lowest BCUT2D eigenvalue weighted by atomic mass is 10.2. The summed E-state index contributed by atoms with van der Waals surface area (Å²) >= 11 is 0. The van der Waals surface area contributed by atoms with Crippen LogP contribution in [0.25, 0.3) is 0 Å². The first-order valence-electron chi connectivity index (χ1n) is 8.46. The molecule has 138 valence electrons. The molecular weight excluding hydrogens is 335 g/mol. The van der Waals surface area contributed by atoms with Crippen LogP contribution in [0.2, 0.25) is 0 Å². The number of hydrogen-bond acceptors (Lipinski definition) is 3. The maximum Gasteiger partial charge on any atom is 0.260 e. The lowest BCUT2D eigenvalue weighted by Gasteiger charge is -2.20. The highest BCUT2D eigenvalue weighted by Crippen LogP contribution is 2.12. The Morgan fingerprint density at radius 1 is 1.15 bits per heavy atom. The molecule has 2 rings (SSSR count). The zero-order valence-corrected chi connectivity index (χ0v) is 15.0. The van der Waals surface area contributed by atoms with Gasteiger partial charge >= 0.3 is 0 Å². The molecular formula is C20H23FN2O3. The highest BCUT2D eigenvalue weighted by molar-refractivity contribution is 5.85. The fraction of sp³-hybridized carbons (Fsp3) is 0.300. The average molecular weight is 358 g/mol. The lowest BCUT2D eigenvalue weighted by molar-refractivity contribution is -0.137. The Hall–Kier alpha value is -2.89. The number of nitrogens with one attached hydrogen (secondary N) is 1. The molecule has 0 saturated heterocycles. The van der Waals surface area contributed by atoms with Crippen molar-refractivity contribution in [2.24, 2.45) is 0 Å². The van der Waals surface area contributed by atoms with E-state index < -0.39 is 0 Å². The Balaban J connectivity index is 1.80. The zero-order chi connectivity index (χ0) is 18.9. The van der Waals surface area contributed by atoms with E-state index in [9.17, 15) is 14.0 Å². The summed E-state index contributed by atoms with van der Waals surface area (Å²) in [6, 6.07) is 13.3. The zero-order valence-electron chi connectivity index (χ0n) is 15.0. The fourth-order valence-electron chi connectivity index (χ4n) is 2.35. The molecule has 0 aliphatic carbocycles. The first-order valence-corrected chi connectivity index (χ1v) is 8.46.